The van der Waals surface area contributed by atoms with E-state index in [4.69, 9.17) is 9.16 Å². The number of ketones is 1. The molecule has 5 atom stereocenters. The number of fused-ring (bicyclic) bond motifs is 1. The summed E-state index contributed by atoms with van der Waals surface area (Å²) in [6.45, 7) is 12.8. The molecule has 0 aromatic heterocycles. The summed E-state index contributed by atoms with van der Waals surface area (Å²) >= 11 is 1.72. The van der Waals surface area contributed by atoms with Gasteiger partial charge in [0.15, 0.2) is 0 Å². The van der Waals surface area contributed by atoms with E-state index < -0.39 is 24.7 Å². The third-order valence-electron chi connectivity index (χ3n) is 6.88. The van der Waals surface area contributed by atoms with Crippen molar-refractivity contribution in [3.05, 3.63) is 41.7 Å². The van der Waals surface area contributed by atoms with E-state index in [1.54, 1.807) is 11.8 Å². The summed E-state index contributed by atoms with van der Waals surface area (Å²) < 4.78 is 26.3. The number of hydrogen-bond acceptors (Lipinski definition) is 5. The van der Waals surface area contributed by atoms with Crippen LogP contribution in [0.25, 0.3) is 0 Å². The zero-order valence-corrected chi connectivity index (χ0v) is 20.6. The smallest absolute Gasteiger partial charge is 0.250 e. The van der Waals surface area contributed by atoms with Gasteiger partial charge in [-0.05, 0) is 43.3 Å². The van der Waals surface area contributed by atoms with E-state index in [0.29, 0.717) is 11.5 Å². The molecule has 0 saturated carbocycles. The Labute approximate surface area is 181 Å². The van der Waals surface area contributed by atoms with Gasteiger partial charge >= 0.3 is 0 Å². The van der Waals surface area contributed by atoms with Gasteiger partial charge in [-0.3, -0.25) is 9.00 Å². The van der Waals surface area contributed by atoms with Crippen molar-refractivity contribution in [2.75, 3.05) is 11.5 Å². The molecule has 1 unspecified atom stereocenters. The van der Waals surface area contributed by atoms with Gasteiger partial charge in [0, 0.05) is 22.3 Å². The van der Waals surface area contributed by atoms with Gasteiger partial charge in [0.2, 0.25) is 5.78 Å². The Morgan fingerprint density at radius 1 is 1.24 bits per heavy atom. The molecule has 0 aliphatic carbocycles. The molecule has 2 saturated heterocycles. The van der Waals surface area contributed by atoms with E-state index in [2.05, 4.69) is 33.9 Å². The highest BCUT2D eigenvalue weighted by Gasteiger charge is 2.66. The Hall–Kier alpha value is -0.893. The molecule has 3 heterocycles. The number of Topliss-reactive ketones (excluding diaryl/α,β-unsaturated/α-hetero) is 1. The molecule has 2 bridgehead atoms. The summed E-state index contributed by atoms with van der Waals surface area (Å²) in [5.41, 5.74) is 0.257. The van der Waals surface area contributed by atoms with E-state index in [1.807, 2.05) is 37.3 Å². The summed E-state index contributed by atoms with van der Waals surface area (Å²) in [6.07, 6.45) is 1.48. The van der Waals surface area contributed by atoms with Gasteiger partial charge in [0.25, 0.3) is 8.32 Å². The van der Waals surface area contributed by atoms with Crippen molar-refractivity contribution < 1.29 is 18.2 Å². The number of carbonyl (C=O) groups is 1. The fourth-order valence-corrected chi connectivity index (χ4v) is 8.47. The van der Waals surface area contributed by atoms with Crippen LogP contribution in [-0.2, 0) is 24.8 Å². The zero-order valence-electron chi connectivity index (χ0n) is 18.0. The zero-order chi connectivity index (χ0) is 21.2. The highest BCUT2D eigenvalue weighted by Crippen LogP contribution is 2.53. The molecule has 1 spiro atoms. The largest absolute Gasteiger partial charge is 0.541 e. The highest BCUT2D eigenvalue weighted by atomic mass is 32.2. The maximum absolute atomic E-state index is 13.5. The molecule has 3 aliphatic rings. The summed E-state index contributed by atoms with van der Waals surface area (Å²) in [4.78, 5) is 14.3. The Bertz CT molecular complexity index is 887. The minimum Gasteiger partial charge on any atom is -0.541 e. The normalized spacial score (nSPS) is 32.7. The molecule has 2 fully saturated rings. The van der Waals surface area contributed by atoms with Crippen LogP contribution in [-0.4, -0.2) is 46.8 Å². The molecule has 1 aromatic rings. The number of carbonyl (C=O) groups excluding carboxylic acids is 1. The molecule has 0 radical (unpaired) electrons. The Morgan fingerprint density at radius 3 is 2.52 bits per heavy atom. The van der Waals surface area contributed by atoms with Crippen LogP contribution in [0.15, 0.2) is 41.0 Å². The predicted molar refractivity (Wildman–Crippen MR) is 121 cm³/mol. The van der Waals surface area contributed by atoms with Gasteiger partial charge in [-0.1, -0.05) is 38.5 Å². The molecule has 4 nitrogen and oxygen atoms in total. The molecule has 4 rings (SSSR count). The van der Waals surface area contributed by atoms with E-state index in [0.717, 1.165) is 16.2 Å². The maximum Gasteiger partial charge on any atom is 0.250 e. The molecule has 158 valence electrons. The van der Waals surface area contributed by atoms with Crippen molar-refractivity contribution in [3.8, 4) is 0 Å². The quantitative estimate of drug-likeness (QED) is 0.634. The van der Waals surface area contributed by atoms with Crippen molar-refractivity contribution in [2.24, 2.45) is 5.92 Å². The average Bonchev–Trinajstić information content (AvgIpc) is 3.13. The molecular weight excluding hydrogens is 420 g/mol. The first-order valence-electron chi connectivity index (χ1n) is 10.1. The van der Waals surface area contributed by atoms with Gasteiger partial charge in [-0.2, -0.15) is 11.8 Å². The molecule has 3 aliphatic heterocycles. The third kappa shape index (κ3) is 3.38. The van der Waals surface area contributed by atoms with E-state index >= 15 is 0 Å². The summed E-state index contributed by atoms with van der Waals surface area (Å²) in [7, 11) is -3.40. The van der Waals surface area contributed by atoms with Gasteiger partial charge in [0.05, 0.1) is 22.2 Å². The Balaban J connectivity index is 1.70. The van der Waals surface area contributed by atoms with Crippen LogP contribution in [0, 0.1) is 12.8 Å². The maximum atomic E-state index is 13.5. The number of benzene rings is 1. The van der Waals surface area contributed by atoms with Crippen molar-refractivity contribution in [1.82, 2.24) is 0 Å². The minimum absolute atomic E-state index is 0.00289. The first kappa shape index (κ1) is 21.3. The predicted octanol–water partition coefficient (Wildman–Crippen LogP) is 4.46. The number of hydrogen-bond donors (Lipinski definition) is 0. The second-order valence-electron chi connectivity index (χ2n) is 9.89. The van der Waals surface area contributed by atoms with Crippen LogP contribution in [0.5, 0.6) is 0 Å². The molecule has 7 heteroatoms. The SMILES string of the molecule is Cc1ccc(S(=O)[C@@H]2[C@H]3CSC[C@@]34O[C@@H]2C=C(O[Si](C)(C)C(C)(C)C)C4=O)cc1. The average molecular weight is 451 g/mol. The molecular formula is C22H30O4S2Si. The highest BCUT2D eigenvalue weighted by molar-refractivity contribution is 7.99. The summed E-state index contributed by atoms with van der Waals surface area (Å²) in [6, 6.07) is 7.84. The number of rotatable bonds is 4. The number of thioether (sulfide) groups is 1. The van der Waals surface area contributed by atoms with Crippen LogP contribution in [0.1, 0.15) is 26.3 Å². The standard InChI is InChI=1S/C22H30O4S2Si/c1-14-7-9-15(10-8-14)28(24)19-16-12-27-13-22(16)20(23)18(11-17(19)25-22)26-29(5,6)21(2,3)4/h7-11,16-17,19H,12-13H2,1-6H3/t16-,17-,19-,22-,28?/m1/s1. The minimum atomic E-state index is -2.16. The number of aryl methyl sites for hydroxylation is 1. The third-order valence-corrected chi connectivity index (χ3v) is 14.3. The van der Waals surface area contributed by atoms with Crippen LogP contribution in [0.4, 0.5) is 0 Å². The topological polar surface area (TPSA) is 52.6 Å². The molecule has 1 aromatic carbocycles. The van der Waals surface area contributed by atoms with Gasteiger partial charge in [-0.25, -0.2) is 0 Å². The van der Waals surface area contributed by atoms with E-state index in [1.165, 1.54) is 0 Å². The first-order valence-corrected chi connectivity index (χ1v) is 15.4. The van der Waals surface area contributed by atoms with Crippen molar-refractivity contribution >= 4 is 36.7 Å². The van der Waals surface area contributed by atoms with Crippen LogP contribution in [0.2, 0.25) is 18.1 Å². The van der Waals surface area contributed by atoms with Crippen LogP contribution >= 0.6 is 11.8 Å². The Morgan fingerprint density at radius 2 is 1.90 bits per heavy atom. The lowest BCUT2D eigenvalue weighted by molar-refractivity contribution is -0.141. The lowest BCUT2D eigenvalue weighted by Gasteiger charge is -2.39. The summed E-state index contributed by atoms with van der Waals surface area (Å²) in [5, 5.41) is -0.228. The monoisotopic (exact) mass is 450 g/mol. The summed E-state index contributed by atoms with van der Waals surface area (Å²) in [5.74, 6) is 1.77. The van der Waals surface area contributed by atoms with E-state index in [9.17, 15) is 9.00 Å². The molecule has 0 amide bonds. The van der Waals surface area contributed by atoms with Crippen molar-refractivity contribution in [1.29, 1.82) is 0 Å². The fraction of sp³-hybridized carbons (Fsp3) is 0.591. The molecule has 29 heavy (non-hydrogen) atoms. The lowest BCUT2D eigenvalue weighted by Crippen LogP contribution is -2.50. The number of ether oxygens (including phenoxy) is 1. The first-order chi connectivity index (χ1) is 13.5. The van der Waals surface area contributed by atoms with Crippen LogP contribution < -0.4 is 0 Å². The fourth-order valence-electron chi connectivity index (χ4n) is 4.06. The van der Waals surface area contributed by atoms with Gasteiger partial charge < -0.3 is 9.16 Å². The van der Waals surface area contributed by atoms with Gasteiger partial charge in [-0.15, -0.1) is 0 Å². The van der Waals surface area contributed by atoms with Crippen LogP contribution in [0.3, 0.4) is 0 Å². The van der Waals surface area contributed by atoms with Crippen molar-refractivity contribution in [3.63, 3.8) is 0 Å². The van der Waals surface area contributed by atoms with E-state index in [-0.39, 0.29) is 28.1 Å². The second kappa shape index (κ2) is 7.07. The Kier molecular flexibility index (Phi) is 5.21. The van der Waals surface area contributed by atoms with Crippen molar-refractivity contribution in [2.45, 2.75) is 67.7 Å². The lowest BCUT2D eigenvalue weighted by atomic mass is 9.87. The van der Waals surface area contributed by atoms with Gasteiger partial charge in [0.1, 0.15) is 11.4 Å². The second-order valence-corrected chi connectivity index (χ2v) is 17.3. The molecule has 0 N–H and O–H groups in total.